The van der Waals surface area contributed by atoms with Gasteiger partial charge in [0.05, 0.1) is 7.11 Å². The van der Waals surface area contributed by atoms with E-state index in [-0.39, 0.29) is 5.01 Å². The highest BCUT2D eigenvalue weighted by Crippen LogP contribution is 2.27. The number of hydrogen-bond acceptors (Lipinski definition) is 2. The molecule has 0 heterocycles. The maximum Gasteiger partial charge on any atom is 0.162 e. The molecule has 1 aromatic rings. The summed E-state index contributed by atoms with van der Waals surface area (Å²) in [5, 5.41) is -0.00574. The smallest absolute Gasteiger partial charge is 0.162 e. The monoisotopic (exact) mass is 230 g/mol. The van der Waals surface area contributed by atoms with Crippen LogP contribution in [0, 0.1) is 0 Å². The van der Waals surface area contributed by atoms with Gasteiger partial charge < -0.3 is 9.47 Å². The molecule has 1 atom stereocenters. The Kier molecular flexibility index (Phi) is 3.41. The average Bonchev–Trinajstić information content (AvgIpc) is 2.04. The molecule has 0 aliphatic carbocycles. The van der Waals surface area contributed by atoms with E-state index in [0.29, 0.717) is 0 Å². The topological polar surface area (TPSA) is 18.5 Å². The van der Waals surface area contributed by atoms with Crippen LogP contribution in [0.15, 0.2) is 24.3 Å². The van der Waals surface area contributed by atoms with Gasteiger partial charge in [-0.05, 0) is 35.0 Å². The van der Waals surface area contributed by atoms with Crippen molar-refractivity contribution in [3.63, 3.8) is 0 Å². The van der Waals surface area contributed by atoms with Gasteiger partial charge in [0.1, 0.15) is 0 Å². The fourth-order valence-corrected chi connectivity index (χ4v) is 1.09. The molecule has 0 saturated carbocycles. The zero-order valence-corrected chi connectivity index (χ0v) is 8.67. The summed E-state index contributed by atoms with van der Waals surface area (Å²) in [5.74, 6) is 1.51. The van der Waals surface area contributed by atoms with Crippen LogP contribution in [0.25, 0.3) is 0 Å². The number of hydrogen-bond donors (Lipinski definition) is 0. The molecule has 0 radical (unpaired) electrons. The highest BCUT2D eigenvalue weighted by atomic mass is 79.9. The molecular weight excluding hydrogens is 220 g/mol. The number of rotatable bonds is 3. The lowest BCUT2D eigenvalue weighted by Gasteiger charge is -2.11. The van der Waals surface area contributed by atoms with E-state index in [1.807, 2.05) is 31.2 Å². The van der Waals surface area contributed by atoms with Crippen LogP contribution in [-0.2, 0) is 0 Å². The minimum absolute atomic E-state index is 0.00574. The molecule has 0 aromatic heterocycles. The first-order valence-corrected chi connectivity index (χ1v) is 4.59. The molecule has 2 nitrogen and oxygen atoms in total. The van der Waals surface area contributed by atoms with Gasteiger partial charge in [0, 0.05) is 0 Å². The van der Waals surface area contributed by atoms with Crippen LogP contribution in [0.5, 0.6) is 11.5 Å². The lowest BCUT2D eigenvalue weighted by atomic mass is 10.3. The summed E-state index contributed by atoms with van der Waals surface area (Å²) in [6, 6.07) is 7.55. The van der Waals surface area contributed by atoms with E-state index in [9.17, 15) is 0 Å². The van der Waals surface area contributed by atoms with Crippen LogP contribution in [0.3, 0.4) is 0 Å². The summed E-state index contributed by atoms with van der Waals surface area (Å²) in [5.41, 5.74) is 0. The third kappa shape index (κ3) is 2.41. The first-order valence-electron chi connectivity index (χ1n) is 3.68. The van der Waals surface area contributed by atoms with E-state index in [4.69, 9.17) is 9.47 Å². The fourth-order valence-electron chi connectivity index (χ4n) is 0.891. The molecular formula is C9H11BrO2. The van der Waals surface area contributed by atoms with Gasteiger partial charge in [-0.15, -0.1) is 0 Å². The molecule has 1 unspecified atom stereocenters. The first kappa shape index (κ1) is 9.39. The Morgan fingerprint density at radius 2 is 1.83 bits per heavy atom. The van der Waals surface area contributed by atoms with Gasteiger partial charge in [-0.3, -0.25) is 0 Å². The Labute approximate surface area is 80.6 Å². The lowest BCUT2D eigenvalue weighted by Crippen LogP contribution is -2.02. The van der Waals surface area contributed by atoms with Crippen molar-refractivity contribution in [1.82, 2.24) is 0 Å². The summed E-state index contributed by atoms with van der Waals surface area (Å²) in [7, 11) is 1.63. The molecule has 0 aliphatic heterocycles. The van der Waals surface area contributed by atoms with Crippen molar-refractivity contribution in [1.29, 1.82) is 0 Å². The molecule has 3 heteroatoms. The number of ether oxygens (including phenoxy) is 2. The van der Waals surface area contributed by atoms with Crippen LogP contribution < -0.4 is 9.47 Å². The third-order valence-electron chi connectivity index (χ3n) is 1.36. The van der Waals surface area contributed by atoms with Gasteiger partial charge in [0.15, 0.2) is 16.5 Å². The average molecular weight is 231 g/mol. The van der Waals surface area contributed by atoms with Crippen LogP contribution in [0.1, 0.15) is 6.92 Å². The van der Waals surface area contributed by atoms with E-state index in [0.717, 1.165) is 11.5 Å². The minimum Gasteiger partial charge on any atom is -0.493 e. The van der Waals surface area contributed by atoms with Crippen molar-refractivity contribution < 1.29 is 9.47 Å². The second-order valence-corrected chi connectivity index (χ2v) is 3.60. The summed E-state index contributed by atoms with van der Waals surface area (Å²) >= 11 is 3.30. The van der Waals surface area contributed by atoms with E-state index in [2.05, 4.69) is 15.9 Å². The number of benzene rings is 1. The molecule has 1 aromatic carbocycles. The molecule has 0 bridgehead atoms. The molecule has 1 rings (SSSR count). The second kappa shape index (κ2) is 4.36. The number of halogens is 1. The highest BCUT2D eigenvalue weighted by molar-refractivity contribution is 9.09. The lowest BCUT2D eigenvalue weighted by molar-refractivity contribution is 0.291. The molecule has 0 spiro atoms. The number of alkyl halides is 1. The van der Waals surface area contributed by atoms with Gasteiger partial charge in [-0.2, -0.15) is 0 Å². The maximum absolute atomic E-state index is 5.43. The maximum atomic E-state index is 5.43. The van der Waals surface area contributed by atoms with E-state index in [1.165, 1.54) is 0 Å². The van der Waals surface area contributed by atoms with Gasteiger partial charge >= 0.3 is 0 Å². The number of methoxy groups -OCH3 is 1. The normalized spacial score (nSPS) is 12.2. The van der Waals surface area contributed by atoms with Crippen molar-refractivity contribution in [2.75, 3.05) is 7.11 Å². The second-order valence-electron chi connectivity index (χ2n) is 2.31. The minimum atomic E-state index is -0.00574. The Bertz CT molecular complexity index is 248. The van der Waals surface area contributed by atoms with E-state index >= 15 is 0 Å². The molecule has 0 N–H and O–H groups in total. The third-order valence-corrected chi connectivity index (χ3v) is 1.55. The highest BCUT2D eigenvalue weighted by Gasteiger charge is 2.04. The summed E-state index contributed by atoms with van der Waals surface area (Å²) in [6.07, 6.45) is 0. The molecule has 66 valence electrons. The Balaban J connectivity index is 2.82. The number of para-hydroxylation sites is 2. The van der Waals surface area contributed by atoms with Crippen LogP contribution >= 0.6 is 15.9 Å². The largest absolute Gasteiger partial charge is 0.493 e. The molecule has 0 amide bonds. The Hall–Kier alpha value is -0.700. The molecule has 0 saturated heterocycles. The summed E-state index contributed by atoms with van der Waals surface area (Å²) in [6.45, 7) is 1.91. The van der Waals surface area contributed by atoms with Crippen LogP contribution in [0.2, 0.25) is 0 Å². The van der Waals surface area contributed by atoms with Crippen molar-refractivity contribution >= 4 is 15.9 Å². The summed E-state index contributed by atoms with van der Waals surface area (Å²) in [4.78, 5) is 0. The summed E-state index contributed by atoms with van der Waals surface area (Å²) < 4.78 is 10.5. The van der Waals surface area contributed by atoms with Crippen LogP contribution in [-0.4, -0.2) is 12.1 Å². The standard InChI is InChI=1S/C9H11BrO2/c1-7(10)12-9-6-4-3-5-8(9)11-2/h3-7H,1-2H3. The van der Waals surface area contributed by atoms with Gasteiger partial charge in [-0.25, -0.2) is 0 Å². The Morgan fingerprint density at radius 3 is 2.33 bits per heavy atom. The van der Waals surface area contributed by atoms with Crippen molar-refractivity contribution in [2.24, 2.45) is 0 Å². The van der Waals surface area contributed by atoms with Gasteiger partial charge in [-0.1, -0.05) is 12.1 Å². The predicted molar refractivity (Wildman–Crippen MR) is 52.0 cm³/mol. The molecule has 12 heavy (non-hydrogen) atoms. The Morgan fingerprint density at radius 1 is 1.25 bits per heavy atom. The van der Waals surface area contributed by atoms with E-state index in [1.54, 1.807) is 7.11 Å². The van der Waals surface area contributed by atoms with Gasteiger partial charge in [0.2, 0.25) is 0 Å². The van der Waals surface area contributed by atoms with Crippen LogP contribution in [0.4, 0.5) is 0 Å². The van der Waals surface area contributed by atoms with Gasteiger partial charge in [0.25, 0.3) is 0 Å². The quantitative estimate of drug-likeness (QED) is 0.744. The molecule has 0 aliphatic rings. The zero-order valence-electron chi connectivity index (χ0n) is 7.08. The predicted octanol–water partition coefficient (Wildman–Crippen LogP) is 2.81. The molecule has 0 fully saturated rings. The zero-order chi connectivity index (χ0) is 8.97. The van der Waals surface area contributed by atoms with E-state index < -0.39 is 0 Å². The fraction of sp³-hybridized carbons (Fsp3) is 0.333. The SMILES string of the molecule is COc1ccccc1OC(C)Br. The van der Waals surface area contributed by atoms with Crippen molar-refractivity contribution in [3.05, 3.63) is 24.3 Å². The van der Waals surface area contributed by atoms with Crippen molar-refractivity contribution in [2.45, 2.75) is 11.9 Å². The van der Waals surface area contributed by atoms with Crippen molar-refractivity contribution in [3.8, 4) is 11.5 Å². The first-order chi connectivity index (χ1) is 5.74.